The van der Waals surface area contributed by atoms with E-state index in [-0.39, 0.29) is 16.2 Å². The summed E-state index contributed by atoms with van der Waals surface area (Å²) in [6.45, 7) is 0. The second kappa shape index (κ2) is 5.50. The van der Waals surface area contributed by atoms with Crippen molar-refractivity contribution in [1.82, 2.24) is 4.57 Å². The lowest BCUT2D eigenvalue weighted by molar-refractivity contribution is 0.527. The first-order valence-corrected chi connectivity index (χ1v) is 8.63. The topological polar surface area (TPSA) is 81.3 Å². The number of rotatable bonds is 3. The Kier molecular flexibility index (Phi) is 3.77. The summed E-state index contributed by atoms with van der Waals surface area (Å²) in [7, 11) is -2.51. The zero-order valence-corrected chi connectivity index (χ0v) is 14.1. The van der Waals surface area contributed by atoms with Gasteiger partial charge >= 0.3 is 5.76 Å². The molecular formula is C14H10BrFN2O4S. The van der Waals surface area contributed by atoms with E-state index in [1.807, 2.05) is 0 Å². The molecule has 1 heterocycles. The van der Waals surface area contributed by atoms with Crippen LogP contribution in [-0.4, -0.2) is 13.0 Å². The van der Waals surface area contributed by atoms with E-state index in [4.69, 9.17) is 4.42 Å². The van der Waals surface area contributed by atoms with Crippen LogP contribution >= 0.6 is 15.9 Å². The van der Waals surface area contributed by atoms with Gasteiger partial charge in [0.1, 0.15) is 5.82 Å². The number of aromatic nitrogens is 1. The number of hydrogen-bond acceptors (Lipinski definition) is 4. The summed E-state index contributed by atoms with van der Waals surface area (Å²) < 4.78 is 47.4. The van der Waals surface area contributed by atoms with Crippen LogP contribution < -0.4 is 10.5 Å². The van der Waals surface area contributed by atoms with Crippen LogP contribution in [0.2, 0.25) is 0 Å². The van der Waals surface area contributed by atoms with Crippen LogP contribution in [0.15, 0.2) is 55.0 Å². The minimum absolute atomic E-state index is 0.136. The van der Waals surface area contributed by atoms with Crippen LogP contribution in [0.3, 0.4) is 0 Å². The minimum Gasteiger partial charge on any atom is -0.408 e. The molecule has 0 bridgehead atoms. The zero-order valence-electron chi connectivity index (χ0n) is 11.7. The van der Waals surface area contributed by atoms with E-state index in [1.165, 1.54) is 41.9 Å². The van der Waals surface area contributed by atoms with Gasteiger partial charge in [0.15, 0.2) is 5.58 Å². The molecule has 6 nitrogen and oxygen atoms in total. The molecule has 3 rings (SSSR count). The van der Waals surface area contributed by atoms with Gasteiger partial charge in [0.05, 0.1) is 16.1 Å². The Bertz CT molecular complexity index is 1070. The molecular weight excluding hydrogens is 391 g/mol. The van der Waals surface area contributed by atoms with E-state index in [0.29, 0.717) is 9.99 Å². The van der Waals surface area contributed by atoms with Gasteiger partial charge in [-0.1, -0.05) is 15.9 Å². The molecule has 0 fully saturated rings. The number of sulfonamides is 1. The number of aryl methyl sites for hydroxylation is 1. The Morgan fingerprint density at radius 3 is 2.65 bits per heavy atom. The SMILES string of the molecule is Cn1c(=O)oc2cc(S(=O)(=O)Nc3ccc(Br)cc3F)ccc21. The highest BCUT2D eigenvalue weighted by atomic mass is 79.9. The molecule has 0 aliphatic rings. The van der Waals surface area contributed by atoms with Crippen LogP contribution in [0.25, 0.3) is 11.1 Å². The minimum atomic E-state index is -4.02. The van der Waals surface area contributed by atoms with E-state index in [0.717, 1.165) is 6.07 Å². The van der Waals surface area contributed by atoms with Crippen LogP contribution in [0.1, 0.15) is 0 Å². The van der Waals surface area contributed by atoms with Crippen molar-refractivity contribution in [3.8, 4) is 0 Å². The number of halogens is 2. The van der Waals surface area contributed by atoms with Gasteiger partial charge in [0.25, 0.3) is 10.0 Å². The van der Waals surface area contributed by atoms with Crippen LogP contribution in [0.4, 0.5) is 10.1 Å². The van der Waals surface area contributed by atoms with Gasteiger partial charge in [0, 0.05) is 17.6 Å². The lowest BCUT2D eigenvalue weighted by Crippen LogP contribution is -2.14. The fourth-order valence-electron chi connectivity index (χ4n) is 2.06. The first-order chi connectivity index (χ1) is 10.8. The van der Waals surface area contributed by atoms with E-state index < -0.39 is 21.6 Å². The Morgan fingerprint density at radius 1 is 1.22 bits per heavy atom. The number of hydrogen-bond donors (Lipinski definition) is 1. The second-order valence-corrected chi connectivity index (χ2v) is 7.38. The number of nitrogens with one attached hydrogen (secondary N) is 1. The lowest BCUT2D eigenvalue weighted by atomic mass is 10.3. The molecule has 23 heavy (non-hydrogen) atoms. The predicted molar refractivity (Wildman–Crippen MR) is 86.4 cm³/mol. The van der Waals surface area contributed by atoms with Gasteiger partial charge in [-0.05, 0) is 30.3 Å². The molecule has 0 saturated heterocycles. The summed E-state index contributed by atoms with van der Waals surface area (Å²) in [5.74, 6) is -1.31. The summed E-state index contributed by atoms with van der Waals surface area (Å²) in [6, 6.07) is 7.95. The van der Waals surface area contributed by atoms with E-state index in [9.17, 15) is 17.6 Å². The van der Waals surface area contributed by atoms with Crippen molar-refractivity contribution < 1.29 is 17.2 Å². The summed E-state index contributed by atoms with van der Waals surface area (Å²) in [6.07, 6.45) is 0. The molecule has 0 unspecified atom stereocenters. The zero-order chi connectivity index (χ0) is 16.8. The molecule has 2 aromatic carbocycles. The van der Waals surface area contributed by atoms with Gasteiger partial charge in [-0.25, -0.2) is 17.6 Å². The van der Waals surface area contributed by atoms with Gasteiger partial charge in [-0.2, -0.15) is 0 Å². The maximum Gasteiger partial charge on any atom is 0.419 e. The third-order valence-electron chi connectivity index (χ3n) is 3.25. The molecule has 0 atom stereocenters. The van der Waals surface area contributed by atoms with Crippen molar-refractivity contribution in [3.05, 3.63) is 57.2 Å². The quantitative estimate of drug-likeness (QED) is 0.732. The maximum atomic E-state index is 13.8. The maximum absolute atomic E-state index is 13.8. The highest BCUT2D eigenvalue weighted by molar-refractivity contribution is 9.10. The predicted octanol–water partition coefficient (Wildman–Crippen LogP) is 2.83. The van der Waals surface area contributed by atoms with Crippen molar-refractivity contribution >= 4 is 42.7 Å². The van der Waals surface area contributed by atoms with Gasteiger partial charge in [-0.15, -0.1) is 0 Å². The Hall–Kier alpha value is -2.13. The van der Waals surface area contributed by atoms with Crippen molar-refractivity contribution in [2.75, 3.05) is 4.72 Å². The van der Waals surface area contributed by atoms with Crippen molar-refractivity contribution in [3.63, 3.8) is 0 Å². The van der Waals surface area contributed by atoms with E-state index >= 15 is 0 Å². The second-order valence-electron chi connectivity index (χ2n) is 4.79. The molecule has 1 aromatic heterocycles. The summed E-state index contributed by atoms with van der Waals surface area (Å²) in [4.78, 5) is 11.3. The summed E-state index contributed by atoms with van der Waals surface area (Å²) in [5, 5.41) is 0. The normalized spacial score (nSPS) is 11.8. The first kappa shape index (κ1) is 15.8. The van der Waals surface area contributed by atoms with Crippen molar-refractivity contribution in [2.24, 2.45) is 7.05 Å². The smallest absolute Gasteiger partial charge is 0.408 e. The molecule has 0 saturated carbocycles. The molecule has 0 spiro atoms. The third kappa shape index (κ3) is 2.89. The van der Waals surface area contributed by atoms with Crippen LogP contribution in [0.5, 0.6) is 0 Å². The molecule has 0 amide bonds. The van der Waals surface area contributed by atoms with E-state index in [2.05, 4.69) is 20.7 Å². The molecule has 0 aliphatic heterocycles. The van der Waals surface area contributed by atoms with Crippen LogP contribution in [-0.2, 0) is 17.1 Å². The largest absolute Gasteiger partial charge is 0.419 e. The summed E-state index contributed by atoms with van der Waals surface area (Å²) in [5.41, 5.74) is 0.420. The molecule has 120 valence electrons. The third-order valence-corrected chi connectivity index (χ3v) is 5.11. The average Bonchev–Trinajstić information content (AvgIpc) is 2.77. The fraction of sp³-hybridized carbons (Fsp3) is 0.0714. The number of oxazole rings is 1. The van der Waals surface area contributed by atoms with Crippen LogP contribution in [0, 0.1) is 5.82 Å². The Morgan fingerprint density at radius 2 is 1.96 bits per heavy atom. The molecule has 0 radical (unpaired) electrons. The molecule has 1 N–H and O–H groups in total. The number of nitrogens with zero attached hydrogens (tertiary/aromatic N) is 1. The highest BCUT2D eigenvalue weighted by Crippen LogP contribution is 2.24. The van der Waals surface area contributed by atoms with Gasteiger partial charge in [0.2, 0.25) is 0 Å². The average molecular weight is 401 g/mol. The number of fused-ring (bicyclic) bond motifs is 1. The van der Waals surface area contributed by atoms with E-state index in [1.54, 1.807) is 0 Å². The van der Waals surface area contributed by atoms with Crippen molar-refractivity contribution in [1.29, 1.82) is 0 Å². The first-order valence-electron chi connectivity index (χ1n) is 6.35. The molecule has 0 aliphatic carbocycles. The lowest BCUT2D eigenvalue weighted by Gasteiger charge is -2.09. The fourth-order valence-corrected chi connectivity index (χ4v) is 3.47. The van der Waals surface area contributed by atoms with Gasteiger partial charge in [-0.3, -0.25) is 9.29 Å². The highest BCUT2D eigenvalue weighted by Gasteiger charge is 2.18. The molecule has 9 heteroatoms. The summed E-state index contributed by atoms with van der Waals surface area (Å²) >= 11 is 3.10. The molecule has 3 aromatic rings. The van der Waals surface area contributed by atoms with Crippen molar-refractivity contribution in [2.45, 2.75) is 4.90 Å². The Labute approximate surface area is 138 Å². The number of anilines is 1. The standard InChI is InChI=1S/C14H10BrFN2O4S/c1-18-12-5-3-9(7-13(12)22-14(18)19)23(20,21)17-11-4-2-8(15)6-10(11)16/h2-7,17H,1H3. The monoisotopic (exact) mass is 400 g/mol. The Balaban J connectivity index is 2.04. The number of benzene rings is 2. The van der Waals surface area contributed by atoms with Gasteiger partial charge < -0.3 is 4.42 Å².